The highest BCUT2D eigenvalue weighted by Gasteiger charge is 2.17. The van der Waals surface area contributed by atoms with Crippen LogP contribution in [0, 0.1) is 13.8 Å². The highest BCUT2D eigenvalue weighted by atomic mass is 32.2. The van der Waals surface area contributed by atoms with Gasteiger partial charge >= 0.3 is 0 Å². The van der Waals surface area contributed by atoms with Crippen LogP contribution in [-0.4, -0.2) is 27.7 Å². The molecule has 2 aromatic carbocycles. The molecule has 0 N–H and O–H groups in total. The van der Waals surface area contributed by atoms with E-state index in [9.17, 15) is 0 Å². The van der Waals surface area contributed by atoms with Crippen molar-refractivity contribution in [1.82, 2.24) is 14.4 Å². The molecule has 0 saturated carbocycles. The number of imidazole rings is 1. The third kappa shape index (κ3) is 3.19. The van der Waals surface area contributed by atoms with Crippen LogP contribution in [0.3, 0.4) is 0 Å². The van der Waals surface area contributed by atoms with Gasteiger partial charge in [-0.25, -0.2) is 9.97 Å². The van der Waals surface area contributed by atoms with E-state index in [1.807, 2.05) is 43.5 Å². The van der Waals surface area contributed by atoms with Crippen molar-refractivity contribution >= 4 is 17.5 Å². The van der Waals surface area contributed by atoms with E-state index in [0.717, 1.165) is 34.0 Å². The van der Waals surface area contributed by atoms with Gasteiger partial charge in [0.25, 0.3) is 0 Å². The van der Waals surface area contributed by atoms with Crippen molar-refractivity contribution in [2.45, 2.75) is 18.7 Å². The molecule has 2 heterocycles. The molecule has 4 aromatic rings. The van der Waals surface area contributed by atoms with E-state index in [4.69, 9.17) is 9.72 Å². The average molecular weight is 375 g/mol. The topological polar surface area (TPSA) is 39.4 Å². The SMILES string of the molecule is COc1ccc(-c2nc3nc(C)ccn3c2-c2ccc(SC)c(C)c2)cc1. The Hall–Kier alpha value is -2.79. The predicted molar refractivity (Wildman–Crippen MR) is 112 cm³/mol. The average Bonchev–Trinajstić information content (AvgIpc) is 3.06. The van der Waals surface area contributed by atoms with Crippen LogP contribution < -0.4 is 4.74 Å². The molecular formula is C22H21N3OS. The zero-order valence-corrected chi connectivity index (χ0v) is 16.7. The minimum atomic E-state index is 0.711. The Morgan fingerprint density at radius 1 is 0.926 bits per heavy atom. The zero-order valence-electron chi connectivity index (χ0n) is 15.9. The van der Waals surface area contributed by atoms with Crippen molar-refractivity contribution in [3.63, 3.8) is 0 Å². The molecule has 0 unspecified atom stereocenters. The van der Waals surface area contributed by atoms with Gasteiger partial charge in [-0.3, -0.25) is 4.40 Å². The van der Waals surface area contributed by atoms with Crippen molar-refractivity contribution in [2.75, 3.05) is 13.4 Å². The van der Waals surface area contributed by atoms with Crippen LogP contribution in [0.2, 0.25) is 0 Å². The standard InChI is InChI=1S/C22H21N3OS/c1-14-13-17(7-10-19(14)27-4)21-20(16-5-8-18(26-3)9-6-16)24-22-23-15(2)11-12-25(21)22/h5-13H,1-4H3. The molecule has 4 rings (SSSR count). The van der Waals surface area contributed by atoms with E-state index in [1.165, 1.54) is 10.5 Å². The second-order valence-electron chi connectivity index (χ2n) is 6.46. The maximum Gasteiger partial charge on any atom is 0.235 e. The molecule has 0 saturated heterocycles. The van der Waals surface area contributed by atoms with Crippen molar-refractivity contribution in [2.24, 2.45) is 0 Å². The van der Waals surface area contributed by atoms with Crippen LogP contribution in [0.15, 0.2) is 59.6 Å². The zero-order chi connectivity index (χ0) is 19.0. The summed E-state index contributed by atoms with van der Waals surface area (Å²) in [6.45, 7) is 4.13. The van der Waals surface area contributed by atoms with E-state index >= 15 is 0 Å². The monoisotopic (exact) mass is 375 g/mol. The first-order valence-electron chi connectivity index (χ1n) is 8.76. The number of aryl methyl sites for hydroxylation is 2. The number of fused-ring (bicyclic) bond motifs is 1. The van der Waals surface area contributed by atoms with Crippen molar-refractivity contribution in [1.29, 1.82) is 0 Å². The van der Waals surface area contributed by atoms with Gasteiger partial charge in [-0.1, -0.05) is 6.07 Å². The molecule has 5 heteroatoms. The number of benzene rings is 2. The van der Waals surface area contributed by atoms with E-state index < -0.39 is 0 Å². The van der Waals surface area contributed by atoms with E-state index in [-0.39, 0.29) is 0 Å². The summed E-state index contributed by atoms with van der Waals surface area (Å²) in [5, 5.41) is 0. The quantitative estimate of drug-likeness (QED) is 0.447. The van der Waals surface area contributed by atoms with Crippen LogP contribution in [0.4, 0.5) is 0 Å². The Morgan fingerprint density at radius 3 is 2.33 bits per heavy atom. The van der Waals surface area contributed by atoms with Crippen LogP contribution in [-0.2, 0) is 0 Å². The van der Waals surface area contributed by atoms with Gasteiger partial charge in [-0.05, 0) is 68.1 Å². The normalized spacial score (nSPS) is 11.1. The lowest BCUT2D eigenvalue weighted by Gasteiger charge is -2.09. The molecular weight excluding hydrogens is 354 g/mol. The largest absolute Gasteiger partial charge is 0.497 e. The van der Waals surface area contributed by atoms with Gasteiger partial charge < -0.3 is 4.74 Å². The molecule has 0 amide bonds. The first-order chi connectivity index (χ1) is 13.1. The Morgan fingerprint density at radius 2 is 1.67 bits per heavy atom. The van der Waals surface area contributed by atoms with Crippen LogP contribution >= 0.6 is 11.8 Å². The van der Waals surface area contributed by atoms with Crippen molar-refractivity contribution in [3.05, 3.63) is 66.0 Å². The summed E-state index contributed by atoms with van der Waals surface area (Å²) in [7, 11) is 1.67. The Labute approximate surface area is 163 Å². The first kappa shape index (κ1) is 17.6. The third-order valence-electron chi connectivity index (χ3n) is 4.67. The maximum absolute atomic E-state index is 5.30. The lowest BCUT2D eigenvalue weighted by Crippen LogP contribution is -1.93. The van der Waals surface area contributed by atoms with E-state index in [0.29, 0.717) is 5.78 Å². The van der Waals surface area contributed by atoms with Crippen LogP contribution in [0.25, 0.3) is 28.3 Å². The second-order valence-corrected chi connectivity index (χ2v) is 7.31. The van der Waals surface area contributed by atoms with Gasteiger partial charge in [0.15, 0.2) is 0 Å². The highest BCUT2D eigenvalue weighted by molar-refractivity contribution is 7.98. The van der Waals surface area contributed by atoms with Gasteiger partial charge in [0.1, 0.15) is 5.75 Å². The molecule has 0 fully saturated rings. The fraction of sp³-hybridized carbons (Fsp3) is 0.182. The minimum Gasteiger partial charge on any atom is -0.497 e. The fourth-order valence-electron chi connectivity index (χ4n) is 3.27. The molecule has 2 aromatic heterocycles. The summed E-state index contributed by atoms with van der Waals surface area (Å²) in [5.41, 5.74) is 6.37. The van der Waals surface area contributed by atoms with Crippen molar-refractivity contribution in [3.8, 4) is 28.3 Å². The number of rotatable bonds is 4. The number of hydrogen-bond donors (Lipinski definition) is 0. The Balaban J connectivity index is 1.97. The van der Waals surface area contributed by atoms with Gasteiger partial charge in [-0.15, -0.1) is 11.8 Å². The summed E-state index contributed by atoms with van der Waals surface area (Å²) in [6, 6.07) is 16.6. The lowest BCUT2D eigenvalue weighted by atomic mass is 10.0. The van der Waals surface area contributed by atoms with E-state index in [2.05, 4.69) is 40.8 Å². The predicted octanol–water partition coefficient (Wildman–Crippen LogP) is 5.41. The van der Waals surface area contributed by atoms with Crippen molar-refractivity contribution < 1.29 is 4.74 Å². The molecule has 136 valence electrons. The molecule has 0 atom stereocenters. The molecule has 0 spiro atoms. The van der Waals surface area contributed by atoms with Crippen LogP contribution in [0.5, 0.6) is 5.75 Å². The number of thioether (sulfide) groups is 1. The van der Waals surface area contributed by atoms with Gasteiger partial charge in [-0.2, -0.15) is 0 Å². The second kappa shape index (κ2) is 7.08. The van der Waals surface area contributed by atoms with E-state index in [1.54, 1.807) is 18.9 Å². The molecule has 0 aliphatic carbocycles. The molecule has 27 heavy (non-hydrogen) atoms. The maximum atomic E-state index is 5.30. The number of methoxy groups -OCH3 is 1. The summed E-state index contributed by atoms with van der Waals surface area (Å²) in [5.74, 6) is 1.54. The smallest absolute Gasteiger partial charge is 0.235 e. The first-order valence-corrected chi connectivity index (χ1v) is 9.98. The minimum absolute atomic E-state index is 0.711. The lowest BCUT2D eigenvalue weighted by molar-refractivity contribution is 0.415. The molecule has 0 bridgehead atoms. The highest BCUT2D eigenvalue weighted by Crippen LogP contribution is 2.35. The number of hydrogen-bond acceptors (Lipinski definition) is 4. The summed E-state index contributed by atoms with van der Waals surface area (Å²) < 4.78 is 7.37. The van der Waals surface area contributed by atoms with Gasteiger partial charge in [0.05, 0.1) is 18.5 Å². The summed E-state index contributed by atoms with van der Waals surface area (Å²) in [4.78, 5) is 10.8. The number of ether oxygens (including phenoxy) is 1. The van der Waals surface area contributed by atoms with Gasteiger partial charge in [0.2, 0.25) is 5.78 Å². The third-order valence-corrected chi connectivity index (χ3v) is 5.56. The molecule has 0 radical (unpaired) electrons. The fourth-order valence-corrected chi connectivity index (χ4v) is 3.86. The Bertz CT molecular complexity index is 1120. The van der Waals surface area contributed by atoms with Crippen LogP contribution in [0.1, 0.15) is 11.3 Å². The molecule has 4 nitrogen and oxygen atoms in total. The summed E-state index contributed by atoms with van der Waals surface area (Å²) >= 11 is 1.76. The number of aromatic nitrogens is 3. The Kier molecular flexibility index (Phi) is 4.62. The van der Waals surface area contributed by atoms with Gasteiger partial charge in [0, 0.05) is 27.9 Å². The molecule has 0 aliphatic heterocycles. The summed E-state index contributed by atoms with van der Waals surface area (Å²) in [6.07, 6.45) is 4.15. The number of nitrogens with zero attached hydrogens (tertiary/aromatic N) is 3. The molecule has 0 aliphatic rings.